The number of fused-ring (bicyclic) bond motifs is 1. The van der Waals surface area contributed by atoms with Crippen molar-refractivity contribution in [3.05, 3.63) is 41.6 Å². The quantitative estimate of drug-likeness (QED) is 0.546. The number of aromatic nitrogens is 1. The number of nitrogens with one attached hydrogen (secondary N) is 1. The summed E-state index contributed by atoms with van der Waals surface area (Å²) in [7, 11) is 0. The van der Waals surface area contributed by atoms with Gasteiger partial charge in [0.1, 0.15) is 0 Å². The van der Waals surface area contributed by atoms with Gasteiger partial charge in [0, 0.05) is 17.1 Å². The molecule has 0 spiro atoms. The minimum Gasteiger partial charge on any atom is -0.288 e. The first kappa shape index (κ1) is 9.61. The molecule has 0 fully saturated rings. The van der Waals surface area contributed by atoms with E-state index in [1.807, 2.05) is 19.1 Å². The molecule has 0 saturated carbocycles. The highest BCUT2D eigenvalue weighted by atomic mass is 16.5. The smallest absolute Gasteiger partial charge is 0.274 e. The number of hydrogen-bond donors (Lipinski definition) is 2. The molecule has 2 N–H and O–H groups in total. The van der Waals surface area contributed by atoms with Crippen molar-refractivity contribution in [2.24, 2.45) is 0 Å². The molecule has 1 heterocycles. The van der Waals surface area contributed by atoms with Crippen LogP contribution in [0.3, 0.4) is 0 Å². The highest BCUT2D eigenvalue weighted by molar-refractivity contribution is 5.98. The Balaban J connectivity index is 2.67. The lowest BCUT2D eigenvalue weighted by Gasteiger charge is -2.04. The van der Waals surface area contributed by atoms with Crippen LogP contribution >= 0.6 is 0 Å². The van der Waals surface area contributed by atoms with Gasteiger partial charge in [-0.25, -0.2) is 5.48 Å². The van der Waals surface area contributed by atoms with Crippen LogP contribution < -0.4 is 5.48 Å². The van der Waals surface area contributed by atoms with Gasteiger partial charge < -0.3 is 0 Å². The van der Waals surface area contributed by atoms with E-state index >= 15 is 0 Å². The highest BCUT2D eigenvalue weighted by Crippen LogP contribution is 2.17. The fourth-order valence-electron chi connectivity index (χ4n) is 1.57. The zero-order chi connectivity index (χ0) is 10.8. The van der Waals surface area contributed by atoms with E-state index in [9.17, 15) is 4.79 Å². The zero-order valence-electron chi connectivity index (χ0n) is 8.19. The van der Waals surface area contributed by atoms with Crippen molar-refractivity contribution < 1.29 is 10.0 Å². The second-order valence-electron chi connectivity index (χ2n) is 3.31. The van der Waals surface area contributed by atoms with Gasteiger partial charge in [0.15, 0.2) is 0 Å². The van der Waals surface area contributed by atoms with Crippen LogP contribution in [-0.2, 0) is 0 Å². The molecule has 0 atom stereocenters. The average Bonchev–Trinajstić information content (AvgIpc) is 2.28. The molecule has 1 aromatic heterocycles. The van der Waals surface area contributed by atoms with Crippen molar-refractivity contribution in [2.45, 2.75) is 6.92 Å². The van der Waals surface area contributed by atoms with Crippen molar-refractivity contribution in [1.82, 2.24) is 10.5 Å². The van der Waals surface area contributed by atoms with Gasteiger partial charge in [0.05, 0.1) is 5.52 Å². The van der Waals surface area contributed by atoms with Gasteiger partial charge in [0.2, 0.25) is 0 Å². The predicted octanol–water partition coefficient (Wildman–Crippen LogP) is 1.66. The van der Waals surface area contributed by atoms with Gasteiger partial charge in [-0.3, -0.25) is 15.0 Å². The summed E-state index contributed by atoms with van der Waals surface area (Å²) >= 11 is 0. The molecule has 4 heteroatoms. The van der Waals surface area contributed by atoms with Crippen LogP contribution in [0.2, 0.25) is 0 Å². The van der Waals surface area contributed by atoms with E-state index in [0.717, 1.165) is 16.5 Å². The second kappa shape index (κ2) is 3.67. The van der Waals surface area contributed by atoms with E-state index in [2.05, 4.69) is 4.98 Å². The van der Waals surface area contributed by atoms with Crippen molar-refractivity contribution >= 4 is 16.8 Å². The van der Waals surface area contributed by atoms with Crippen LogP contribution in [0.5, 0.6) is 0 Å². The molecule has 0 radical (unpaired) electrons. The third-order valence-electron chi connectivity index (χ3n) is 2.26. The van der Waals surface area contributed by atoms with Gasteiger partial charge in [0.25, 0.3) is 5.91 Å². The lowest BCUT2D eigenvalue weighted by Crippen LogP contribution is -2.18. The van der Waals surface area contributed by atoms with Crippen LogP contribution in [0.15, 0.2) is 30.5 Å². The maximum atomic E-state index is 11.2. The number of hydrogen-bond acceptors (Lipinski definition) is 3. The van der Waals surface area contributed by atoms with Crippen LogP contribution in [0.4, 0.5) is 0 Å². The molecule has 0 aliphatic carbocycles. The summed E-state index contributed by atoms with van der Waals surface area (Å²) < 4.78 is 0. The number of nitrogens with zero attached hydrogens (tertiary/aromatic N) is 1. The van der Waals surface area contributed by atoms with Gasteiger partial charge >= 0.3 is 0 Å². The Morgan fingerprint density at radius 3 is 3.00 bits per heavy atom. The molecule has 1 aromatic carbocycles. The molecule has 0 aliphatic rings. The fourth-order valence-corrected chi connectivity index (χ4v) is 1.57. The van der Waals surface area contributed by atoms with Crippen molar-refractivity contribution in [2.75, 3.05) is 0 Å². The topological polar surface area (TPSA) is 62.2 Å². The summed E-state index contributed by atoms with van der Waals surface area (Å²) in [5.41, 5.74) is 3.82. The molecule has 76 valence electrons. The predicted molar refractivity (Wildman–Crippen MR) is 55.7 cm³/mol. The third-order valence-corrected chi connectivity index (χ3v) is 2.26. The van der Waals surface area contributed by atoms with Crippen molar-refractivity contribution in [1.29, 1.82) is 0 Å². The number of benzene rings is 1. The number of carbonyl (C=O) groups is 1. The number of hydroxylamine groups is 1. The van der Waals surface area contributed by atoms with Crippen LogP contribution in [0.1, 0.15) is 15.9 Å². The lowest BCUT2D eigenvalue weighted by atomic mass is 10.1. The molecule has 0 saturated heterocycles. The number of pyridine rings is 1. The van der Waals surface area contributed by atoms with Gasteiger partial charge in [-0.1, -0.05) is 6.07 Å². The van der Waals surface area contributed by atoms with Crippen LogP contribution in [0.25, 0.3) is 10.9 Å². The summed E-state index contributed by atoms with van der Waals surface area (Å²) in [5, 5.41) is 9.42. The van der Waals surface area contributed by atoms with E-state index in [0.29, 0.717) is 5.56 Å². The molecule has 15 heavy (non-hydrogen) atoms. The SMILES string of the molecule is Cc1cc(C(=O)NO)cc2cccnc12. The second-order valence-corrected chi connectivity index (χ2v) is 3.31. The Hall–Kier alpha value is -1.94. The summed E-state index contributed by atoms with van der Waals surface area (Å²) in [6, 6.07) is 7.08. The molecule has 1 amide bonds. The number of carbonyl (C=O) groups excluding carboxylic acids is 1. The van der Waals surface area contributed by atoms with E-state index in [-0.39, 0.29) is 0 Å². The summed E-state index contributed by atoms with van der Waals surface area (Å²) in [6.07, 6.45) is 1.71. The minimum absolute atomic E-state index is 0.426. The third kappa shape index (κ3) is 1.67. The first-order chi connectivity index (χ1) is 7.22. The van der Waals surface area contributed by atoms with Gasteiger partial charge in [-0.05, 0) is 30.7 Å². The molecule has 2 aromatic rings. The zero-order valence-corrected chi connectivity index (χ0v) is 8.19. The van der Waals surface area contributed by atoms with E-state index in [1.54, 1.807) is 23.8 Å². The van der Waals surface area contributed by atoms with Crippen LogP contribution in [0, 0.1) is 6.92 Å². The molecule has 0 bridgehead atoms. The standard InChI is InChI=1S/C11H10N2O2/c1-7-5-9(11(14)13-15)6-8-3-2-4-12-10(7)8/h2-6,15H,1H3,(H,13,14). The molecule has 0 unspecified atom stereocenters. The monoisotopic (exact) mass is 202 g/mol. The first-order valence-corrected chi connectivity index (χ1v) is 4.52. The Bertz CT molecular complexity index is 523. The Morgan fingerprint density at radius 1 is 1.47 bits per heavy atom. The van der Waals surface area contributed by atoms with E-state index in [4.69, 9.17) is 5.21 Å². The molecular weight excluding hydrogens is 192 g/mol. The van der Waals surface area contributed by atoms with Crippen molar-refractivity contribution in [3.8, 4) is 0 Å². The van der Waals surface area contributed by atoms with Gasteiger partial charge in [-0.15, -0.1) is 0 Å². The summed E-state index contributed by atoms with van der Waals surface area (Å²) in [6.45, 7) is 1.88. The highest BCUT2D eigenvalue weighted by Gasteiger charge is 2.07. The van der Waals surface area contributed by atoms with Gasteiger partial charge in [-0.2, -0.15) is 0 Å². The van der Waals surface area contributed by atoms with E-state index in [1.165, 1.54) is 0 Å². The molecule has 2 rings (SSSR count). The molecule has 4 nitrogen and oxygen atoms in total. The Kier molecular flexibility index (Phi) is 2.35. The largest absolute Gasteiger partial charge is 0.288 e. The minimum atomic E-state index is -0.510. The van der Waals surface area contributed by atoms with Crippen LogP contribution in [-0.4, -0.2) is 16.1 Å². The fraction of sp³-hybridized carbons (Fsp3) is 0.0909. The van der Waals surface area contributed by atoms with E-state index < -0.39 is 5.91 Å². The Labute approximate surface area is 86.5 Å². The normalized spacial score (nSPS) is 10.3. The maximum absolute atomic E-state index is 11.2. The molecule has 0 aliphatic heterocycles. The molecular formula is C11H10N2O2. The number of rotatable bonds is 1. The van der Waals surface area contributed by atoms with Crippen molar-refractivity contribution in [3.63, 3.8) is 0 Å². The lowest BCUT2D eigenvalue weighted by molar-refractivity contribution is 0.0706. The number of aryl methyl sites for hydroxylation is 1. The first-order valence-electron chi connectivity index (χ1n) is 4.52. The summed E-state index contributed by atoms with van der Waals surface area (Å²) in [5.74, 6) is -0.510. The Morgan fingerprint density at radius 2 is 2.27 bits per heavy atom. The number of amides is 1. The summed E-state index contributed by atoms with van der Waals surface area (Å²) in [4.78, 5) is 15.4. The maximum Gasteiger partial charge on any atom is 0.274 e. The average molecular weight is 202 g/mol.